The molecule has 4 bridgehead atoms. The Morgan fingerprint density at radius 1 is 0.956 bits per heavy atom. The van der Waals surface area contributed by atoms with E-state index in [1.807, 2.05) is 19.1 Å². The van der Waals surface area contributed by atoms with Crippen molar-refractivity contribution < 1.29 is 38.1 Å². The molecule has 12 nitrogen and oxygen atoms in total. The second kappa shape index (κ2) is 14.2. The number of fused-ring (bicyclic) bond motifs is 9. The number of aromatic nitrogens is 1. The Morgan fingerprint density at radius 2 is 1.76 bits per heavy atom. The number of pyridine rings is 1. The summed E-state index contributed by atoms with van der Waals surface area (Å²) in [6, 6.07) is 11.9. The van der Waals surface area contributed by atoms with Crippen LogP contribution in [-0.4, -0.2) is 80.8 Å². The largest absolute Gasteiger partial charge is 0.496 e. The molecule has 3 aliphatic heterocycles. The fourth-order valence-electron chi connectivity index (χ4n) is 5.48. The summed E-state index contributed by atoms with van der Waals surface area (Å²) in [6.45, 7) is 2.39. The molecule has 1 aromatic heterocycles. The number of carbonyl (C=O) groups is 3. The number of benzene rings is 2. The minimum atomic E-state index is -0.562. The van der Waals surface area contributed by atoms with Crippen LogP contribution in [0.3, 0.4) is 0 Å². The minimum Gasteiger partial charge on any atom is -0.496 e. The number of aryl methyl sites for hydroxylation is 2. The summed E-state index contributed by atoms with van der Waals surface area (Å²) in [5.41, 5.74) is 2.74. The SMILES string of the molecule is COc1cc2ccc1CNC(=O)CCc1ccc(OC)c(c1)OCC(=O)N[C@@H]1CN(C(=O)c3cc(C)ncc3OC)CC[C@@H]1O2. The van der Waals surface area contributed by atoms with E-state index in [2.05, 4.69) is 15.6 Å². The fourth-order valence-corrected chi connectivity index (χ4v) is 5.48. The predicted molar refractivity (Wildman–Crippen MR) is 164 cm³/mol. The molecule has 3 aromatic rings. The zero-order chi connectivity index (χ0) is 31.9. The molecule has 3 aliphatic rings. The second-order valence-electron chi connectivity index (χ2n) is 10.9. The number of piperidine rings is 1. The Bertz CT molecular complexity index is 1560. The van der Waals surface area contributed by atoms with Gasteiger partial charge in [-0.2, -0.15) is 0 Å². The standard InChI is InChI=1S/C33H38N4O8/c1-20-13-24(30(43-4)17-34-20)33(40)37-12-11-26-25(18-37)36-32(39)19-44-29-14-21(5-9-27(29)41-2)6-10-31(38)35-16-22-7-8-23(45-26)15-28(22)42-3/h5,7-9,13-15,17,25-26H,6,10-12,16,18-19H2,1-4H3,(H,35,38)(H,36,39)/t25-,26+/m1/s1. The molecule has 2 aromatic carbocycles. The number of nitrogens with one attached hydrogen (secondary N) is 2. The molecular weight excluding hydrogens is 580 g/mol. The average molecular weight is 619 g/mol. The molecule has 6 rings (SSSR count). The molecule has 2 atom stereocenters. The summed E-state index contributed by atoms with van der Waals surface area (Å²) in [6.07, 6.45) is 2.24. The van der Waals surface area contributed by atoms with Crippen LogP contribution < -0.4 is 34.3 Å². The highest BCUT2D eigenvalue weighted by Gasteiger charge is 2.35. The molecule has 45 heavy (non-hydrogen) atoms. The van der Waals surface area contributed by atoms with Crippen LogP contribution in [0, 0.1) is 6.92 Å². The second-order valence-corrected chi connectivity index (χ2v) is 10.9. The number of ether oxygens (including phenoxy) is 5. The Hall–Kier alpha value is -5.00. The summed E-state index contributed by atoms with van der Waals surface area (Å²) < 4.78 is 28.7. The van der Waals surface area contributed by atoms with Crippen molar-refractivity contribution in [2.24, 2.45) is 0 Å². The van der Waals surface area contributed by atoms with Crippen LogP contribution in [0.4, 0.5) is 0 Å². The zero-order valence-corrected chi connectivity index (χ0v) is 25.9. The lowest BCUT2D eigenvalue weighted by molar-refractivity contribution is -0.125. The number of carbonyl (C=O) groups excluding carboxylic acids is 3. The number of methoxy groups -OCH3 is 3. The van der Waals surface area contributed by atoms with Gasteiger partial charge in [0.25, 0.3) is 11.8 Å². The van der Waals surface area contributed by atoms with Crippen LogP contribution in [-0.2, 0) is 22.6 Å². The molecular formula is C33H38N4O8. The van der Waals surface area contributed by atoms with Crippen molar-refractivity contribution in [3.8, 4) is 28.7 Å². The number of rotatable bonds is 4. The van der Waals surface area contributed by atoms with Gasteiger partial charge < -0.3 is 39.2 Å². The van der Waals surface area contributed by atoms with Crippen LogP contribution in [0.5, 0.6) is 28.7 Å². The summed E-state index contributed by atoms with van der Waals surface area (Å²) in [5.74, 6) is 1.59. The third kappa shape index (κ3) is 7.57. The first-order valence-corrected chi connectivity index (χ1v) is 14.8. The van der Waals surface area contributed by atoms with Crippen LogP contribution >= 0.6 is 0 Å². The predicted octanol–water partition coefficient (Wildman–Crippen LogP) is 2.84. The Labute approximate surface area is 262 Å². The quantitative estimate of drug-likeness (QED) is 0.452. The van der Waals surface area contributed by atoms with E-state index in [4.69, 9.17) is 23.7 Å². The first kappa shape index (κ1) is 31.4. The lowest BCUT2D eigenvalue weighted by Crippen LogP contribution is -2.58. The number of hydrogen-bond acceptors (Lipinski definition) is 9. The number of nitrogens with zero attached hydrogens (tertiary/aromatic N) is 2. The molecule has 0 spiro atoms. The highest BCUT2D eigenvalue weighted by Crippen LogP contribution is 2.30. The molecule has 2 N–H and O–H groups in total. The van der Waals surface area contributed by atoms with Gasteiger partial charge >= 0.3 is 0 Å². The molecule has 238 valence electrons. The molecule has 12 heteroatoms. The minimum absolute atomic E-state index is 0.114. The Kier molecular flexibility index (Phi) is 9.91. The fraction of sp³-hybridized carbons (Fsp3) is 0.394. The lowest BCUT2D eigenvalue weighted by Gasteiger charge is -2.39. The van der Waals surface area contributed by atoms with Crippen molar-refractivity contribution in [2.75, 3.05) is 41.0 Å². The third-order valence-corrected chi connectivity index (χ3v) is 7.89. The maximum absolute atomic E-state index is 13.7. The van der Waals surface area contributed by atoms with E-state index in [9.17, 15) is 14.4 Å². The lowest BCUT2D eigenvalue weighted by atomic mass is 10.00. The van der Waals surface area contributed by atoms with Gasteiger partial charge in [0.15, 0.2) is 18.1 Å². The Morgan fingerprint density at radius 3 is 2.53 bits per heavy atom. The van der Waals surface area contributed by atoms with E-state index < -0.39 is 18.1 Å². The maximum Gasteiger partial charge on any atom is 0.258 e. The number of likely N-dealkylation sites (tertiary alicyclic amines) is 1. The molecule has 1 saturated heterocycles. The van der Waals surface area contributed by atoms with Gasteiger partial charge in [0, 0.05) is 49.8 Å². The summed E-state index contributed by atoms with van der Waals surface area (Å²) in [4.78, 5) is 45.5. The highest BCUT2D eigenvalue weighted by atomic mass is 16.5. The zero-order valence-electron chi connectivity index (χ0n) is 25.9. The molecule has 0 unspecified atom stereocenters. The van der Waals surface area contributed by atoms with E-state index in [0.29, 0.717) is 59.4 Å². The van der Waals surface area contributed by atoms with Gasteiger partial charge in [0.1, 0.15) is 23.4 Å². The molecule has 0 aliphatic carbocycles. The molecule has 3 amide bonds. The van der Waals surface area contributed by atoms with Crippen LogP contribution in [0.25, 0.3) is 0 Å². The average Bonchev–Trinajstić information content (AvgIpc) is 3.05. The maximum atomic E-state index is 13.7. The highest BCUT2D eigenvalue weighted by molar-refractivity contribution is 5.97. The van der Waals surface area contributed by atoms with E-state index in [1.165, 1.54) is 20.4 Å². The third-order valence-electron chi connectivity index (χ3n) is 7.89. The van der Waals surface area contributed by atoms with E-state index in [0.717, 1.165) is 11.1 Å². The van der Waals surface area contributed by atoms with Crippen LogP contribution in [0.2, 0.25) is 0 Å². The molecule has 4 heterocycles. The van der Waals surface area contributed by atoms with Gasteiger partial charge in [0.05, 0.1) is 39.1 Å². The number of hydrogen-bond donors (Lipinski definition) is 2. The Balaban J connectivity index is 1.43. The van der Waals surface area contributed by atoms with E-state index in [1.54, 1.807) is 42.3 Å². The van der Waals surface area contributed by atoms with Crippen LogP contribution in [0.15, 0.2) is 48.7 Å². The first-order chi connectivity index (χ1) is 21.8. The normalized spacial score (nSPS) is 18.9. The summed E-state index contributed by atoms with van der Waals surface area (Å²) >= 11 is 0. The van der Waals surface area contributed by atoms with Gasteiger partial charge in [-0.05, 0) is 49.2 Å². The van der Waals surface area contributed by atoms with Crippen LogP contribution in [0.1, 0.15) is 40.0 Å². The van der Waals surface area contributed by atoms with Crippen molar-refractivity contribution in [3.63, 3.8) is 0 Å². The van der Waals surface area contributed by atoms with Gasteiger partial charge in [-0.25, -0.2) is 0 Å². The van der Waals surface area contributed by atoms with Crippen molar-refractivity contribution in [3.05, 3.63) is 71.0 Å². The number of amides is 3. The summed E-state index contributed by atoms with van der Waals surface area (Å²) in [5, 5.41) is 5.98. The van der Waals surface area contributed by atoms with Gasteiger partial charge in [-0.3, -0.25) is 19.4 Å². The molecule has 1 fully saturated rings. The topological polar surface area (TPSA) is 138 Å². The van der Waals surface area contributed by atoms with Crippen molar-refractivity contribution in [2.45, 2.75) is 44.9 Å². The van der Waals surface area contributed by atoms with Gasteiger partial charge in [-0.1, -0.05) is 6.07 Å². The van der Waals surface area contributed by atoms with Crippen molar-refractivity contribution in [1.29, 1.82) is 0 Å². The van der Waals surface area contributed by atoms with Gasteiger partial charge in [-0.15, -0.1) is 0 Å². The summed E-state index contributed by atoms with van der Waals surface area (Å²) in [7, 11) is 4.57. The first-order valence-electron chi connectivity index (χ1n) is 14.8. The van der Waals surface area contributed by atoms with E-state index in [-0.39, 0.29) is 37.9 Å². The van der Waals surface area contributed by atoms with Gasteiger partial charge in [0.2, 0.25) is 5.91 Å². The molecule has 0 radical (unpaired) electrons. The monoisotopic (exact) mass is 618 g/mol. The van der Waals surface area contributed by atoms with E-state index >= 15 is 0 Å². The van der Waals surface area contributed by atoms with Crippen molar-refractivity contribution >= 4 is 17.7 Å². The van der Waals surface area contributed by atoms with Crippen molar-refractivity contribution in [1.82, 2.24) is 20.5 Å². The molecule has 0 saturated carbocycles. The smallest absolute Gasteiger partial charge is 0.258 e.